The van der Waals surface area contributed by atoms with Crippen LogP contribution in [0.4, 0.5) is 9.59 Å². The summed E-state index contributed by atoms with van der Waals surface area (Å²) in [5.74, 6) is 0.387. The normalized spacial score (nSPS) is 12.3. The smallest absolute Gasteiger partial charge is 0.407 e. The maximum Gasteiger partial charge on any atom is 0.407 e. The van der Waals surface area contributed by atoms with Gasteiger partial charge in [0.05, 0.1) is 44.6 Å². The highest BCUT2D eigenvalue weighted by Crippen LogP contribution is 2.16. The average Bonchev–Trinajstić information content (AvgIpc) is 3.03. The van der Waals surface area contributed by atoms with E-state index in [1.54, 1.807) is 45.0 Å². The number of hydrogen-bond acceptors (Lipinski definition) is 13. The van der Waals surface area contributed by atoms with Gasteiger partial charge in [0, 0.05) is 21.8 Å². The minimum Gasteiger partial charge on any atom is -0.468 e. The van der Waals surface area contributed by atoms with Gasteiger partial charge in [-0.3, -0.25) is 13.8 Å². The SMILES string of the molecule is CC(C)(C)OC(=O)NC(COS(C)(=O)=O)Cc1ccc(Cl)cc1.COC(=O)CS.COC(=O)CSCC(Cc1ccc(Cl)cc1)NC(=O)OC(C)(C)C. The zero-order valence-corrected chi connectivity index (χ0v) is 35.6. The van der Waals surface area contributed by atoms with Crippen molar-refractivity contribution in [3.8, 4) is 0 Å². The number of ether oxygens (including phenoxy) is 4. The molecule has 53 heavy (non-hydrogen) atoms. The minimum atomic E-state index is -3.60. The first-order valence-electron chi connectivity index (χ1n) is 16.1. The van der Waals surface area contributed by atoms with Crippen LogP contribution in [0.25, 0.3) is 0 Å². The van der Waals surface area contributed by atoms with Crippen molar-refractivity contribution in [3.63, 3.8) is 0 Å². The van der Waals surface area contributed by atoms with E-state index in [1.165, 1.54) is 26.0 Å². The van der Waals surface area contributed by atoms with Crippen LogP contribution in [0.2, 0.25) is 10.0 Å². The van der Waals surface area contributed by atoms with Gasteiger partial charge >= 0.3 is 24.1 Å². The first-order chi connectivity index (χ1) is 24.4. The van der Waals surface area contributed by atoms with Gasteiger partial charge in [-0.05, 0) is 89.8 Å². The molecule has 300 valence electrons. The third kappa shape index (κ3) is 29.2. The first kappa shape index (κ1) is 50.1. The fourth-order valence-electron chi connectivity index (χ4n) is 3.68. The second-order valence-electron chi connectivity index (χ2n) is 13.2. The number of esters is 2. The summed E-state index contributed by atoms with van der Waals surface area (Å²) in [6.45, 7) is 10.5. The van der Waals surface area contributed by atoms with Gasteiger partial charge in [-0.2, -0.15) is 21.0 Å². The van der Waals surface area contributed by atoms with Crippen molar-refractivity contribution in [2.24, 2.45) is 0 Å². The Morgan fingerprint density at radius 3 is 1.47 bits per heavy atom. The third-order valence-electron chi connectivity index (χ3n) is 5.84. The van der Waals surface area contributed by atoms with Gasteiger partial charge in [0.2, 0.25) is 0 Å². The van der Waals surface area contributed by atoms with Gasteiger partial charge in [0.25, 0.3) is 10.1 Å². The van der Waals surface area contributed by atoms with Gasteiger partial charge in [-0.1, -0.05) is 47.5 Å². The van der Waals surface area contributed by atoms with E-state index in [4.69, 9.17) is 36.9 Å². The second-order valence-corrected chi connectivity index (χ2v) is 17.0. The summed E-state index contributed by atoms with van der Waals surface area (Å²) in [6, 6.07) is 13.8. The van der Waals surface area contributed by atoms with Crippen molar-refractivity contribution in [2.75, 3.05) is 44.3 Å². The van der Waals surface area contributed by atoms with Crippen LogP contribution in [0, 0.1) is 0 Å². The van der Waals surface area contributed by atoms with Gasteiger partial charge in [0.1, 0.15) is 11.2 Å². The molecular formula is C35H52Cl2N2O11S3. The maximum absolute atomic E-state index is 12.0. The number of carbonyl (C=O) groups is 4. The summed E-state index contributed by atoms with van der Waals surface area (Å²) in [5.41, 5.74) is 0.715. The van der Waals surface area contributed by atoms with Crippen LogP contribution >= 0.6 is 47.6 Å². The molecule has 18 heteroatoms. The molecule has 0 bridgehead atoms. The highest BCUT2D eigenvalue weighted by molar-refractivity contribution is 7.99. The molecular weight excluding hydrogens is 791 g/mol. The predicted octanol–water partition coefficient (Wildman–Crippen LogP) is 6.52. The lowest BCUT2D eigenvalue weighted by molar-refractivity contribution is -0.138. The number of methoxy groups -OCH3 is 2. The Morgan fingerprint density at radius 2 is 1.13 bits per heavy atom. The molecule has 0 aromatic heterocycles. The highest BCUT2D eigenvalue weighted by Gasteiger charge is 2.22. The quantitative estimate of drug-likeness (QED) is 0.0815. The number of alkyl carbamates (subject to hydrolysis) is 2. The topological polar surface area (TPSA) is 173 Å². The van der Waals surface area contributed by atoms with Crippen molar-refractivity contribution in [2.45, 2.75) is 77.7 Å². The van der Waals surface area contributed by atoms with Crippen LogP contribution in [0.15, 0.2) is 48.5 Å². The Kier molecular flexibility index (Phi) is 23.9. The number of carbonyl (C=O) groups excluding carboxylic acids is 4. The van der Waals surface area contributed by atoms with Gasteiger partial charge in [-0.25, -0.2) is 9.59 Å². The molecule has 0 saturated carbocycles. The third-order valence-corrected chi connectivity index (χ3v) is 8.24. The van der Waals surface area contributed by atoms with Gasteiger partial charge in [0.15, 0.2) is 0 Å². The molecule has 2 rings (SSSR count). The lowest BCUT2D eigenvalue weighted by Crippen LogP contribution is -2.43. The number of thiol groups is 1. The van der Waals surface area contributed by atoms with E-state index in [1.807, 2.05) is 45.0 Å². The van der Waals surface area contributed by atoms with E-state index in [2.05, 4.69) is 32.7 Å². The molecule has 0 radical (unpaired) electrons. The van der Waals surface area contributed by atoms with Crippen LogP contribution in [-0.2, 0) is 55.7 Å². The van der Waals surface area contributed by atoms with E-state index >= 15 is 0 Å². The van der Waals surface area contributed by atoms with Crippen molar-refractivity contribution >= 4 is 81.8 Å². The van der Waals surface area contributed by atoms with Crippen LogP contribution in [0.5, 0.6) is 0 Å². The molecule has 2 atom stereocenters. The lowest BCUT2D eigenvalue weighted by atomic mass is 10.1. The number of thioether (sulfide) groups is 1. The van der Waals surface area contributed by atoms with E-state index < -0.39 is 39.5 Å². The largest absolute Gasteiger partial charge is 0.468 e. The Morgan fingerprint density at radius 1 is 0.736 bits per heavy atom. The summed E-state index contributed by atoms with van der Waals surface area (Å²) < 4.78 is 46.4. The molecule has 2 N–H and O–H groups in total. The summed E-state index contributed by atoms with van der Waals surface area (Å²) in [7, 11) is -0.916. The molecule has 2 amide bonds. The first-order valence-corrected chi connectivity index (χ1v) is 20.5. The molecule has 0 fully saturated rings. The zero-order valence-electron chi connectivity index (χ0n) is 31.5. The maximum atomic E-state index is 12.0. The summed E-state index contributed by atoms with van der Waals surface area (Å²) in [6.07, 6.45) is 0.852. The standard InChI is InChI=1S/C17H24ClNO4S.C15H22ClNO5S.C3H6O2S/c1-17(2,3)23-16(21)19-14(10-24-11-15(20)22-4)9-12-5-7-13(18)8-6-12;1-15(2,3)22-14(18)17-13(10-21-23(4,19)20)9-11-5-7-12(16)8-6-11;1-5-3(4)2-6/h5-8,14H,9-11H2,1-4H3,(H,19,21);5-8,13H,9-10H2,1-4H3,(H,17,18);6H,2H2,1H3. The Labute approximate surface area is 333 Å². The number of rotatable bonds is 14. The molecule has 2 aromatic rings. The van der Waals surface area contributed by atoms with Crippen LogP contribution < -0.4 is 10.6 Å². The Balaban J connectivity index is 0.000000884. The molecule has 2 unspecified atom stereocenters. The fourth-order valence-corrected chi connectivity index (χ4v) is 5.36. The zero-order chi connectivity index (χ0) is 40.8. The van der Waals surface area contributed by atoms with Crippen LogP contribution in [-0.4, -0.2) is 100 Å². The number of nitrogens with one attached hydrogen (secondary N) is 2. The minimum absolute atomic E-state index is 0.163. The Hall–Kier alpha value is -2.89. The monoisotopic (exact) mass is 842 g/mol. The van der Waals surface area contributed by atoms with E-state index in [9.17, 15) is 27.6 Å². The molecule has 0 heterocycles. The summed E-state index contributed by atoms with van der Waals surface area (Å²) >= 11 is 16.8. The molecule has 0 saturated heterocycles. The molecule has 0 aliphatic heterocycles. The van der Waals surface area contributed by atoms with Gasteiger partial charge in [-0.15, -0.1) is 11.8 Å². The van der Waals surface area contributed by atoms with E-state index in [0.717, 1.165) is 17.4 Å². The highest BCUT2D eigenvalue weighted by atomic mass is 35.5. The van der Waals surface area contributed by atoms with Crippen molar-refractivity contribution in [1.82, 2.24) is 10.6 Å². The number of hydrogen-bond donors (Lipinski definition) is 3. The number of benzene rings is 2. The molecule has 13 nitrogen and oxygen atoms in total. The summed E-state index contributed by atoms with van der Waals surface area (Å²) in [4.78, 5) is 45.0. The fraction of sp³-hybridized carbons (Fsp3) is 0.543. The lowest BCUT2D eigenvalue weighted by Gasteiger charge is -2.23. The van der Waals surface area contributed by atoms with E-state index in [-0.39, 0.29) is 36.1 Å². The molecule has 0 aliphatic rings. The predicted molar refractivity (Wildman–Crippen MR) is 213 cm³/mol. The van der Waals surface area contributed by atoms with E-state index in [0.29, 0.717) is 28.6 Å². The van der Waals surface area contributed by atoms with Crippen molar-refractivity contribution < 1.29 is 50.7 Å². The van der Waals surface area contributed by atoms with Gasteiger partial charge < -0.3 is 29.6 Å². The van der Waals surface area contributed by atoms with Crippen LogP contribution in [0.3, 0.4) is 0 Å². The molecule has 2 aromatic carbocycles. The van der Waals surface area contributed by atoms with Crippen LogP contribution in [0.1, 0.15) is 52.7 Å². The Bertz CT molecular complexity index is 1510. The number of amides is 2. The summed E-state index contributed by atoms with van der Waals surface area (Å²) in [5, 5.41) is 6.74. The van der Waals surface area contributed by atoms with Crippen molar-refractivity contribution in [1.29, 1.82) is 0 Å². The molecule has 0 spiro atoms. The average molecular weight is 844 g/mol. The molecule has 0 aliphatic carbocycles. The second kappa shape index (κ2) is 25.2. The van der Waals surface area contributed by atoms with Crippen molar-refractivity contribution in [3.05, 3.63) is 69.7 Å². The number of halogens is 2.